The van der Waals surface area contributed by atoms with E-state index in [2.05, 4.69) is 71.2 Å². The van der Waals surface area contributed by atoms with Crippen LogP contribution in [0.1, 0.15) is 67.2 Å². The number of nitrogens with one attached hydrogen (secondary N) is 1. The first-order valence-electron chi connectivity index (χ1n) is 25.0. The minimum absolute atomic E-state index is 0.000685. The van der Waals surface area contributed by atoms with E-state index >= 15 is 0 Å². The van der Waals surface area contributed by atoms with Gasteiger partial charge in [-0.3, -0.25) is 10.1 Å². The quantitative estimate of drug-likeness (QED) is 0.0159. The molecule has 1 amide bonds. The molecule has 4 heterocycles. The molecule has 2 saturated carbocycles. The number of non-ortho nitro benzene ring substituents is 1. The van der Waals surface area contributed by atoms with Gasteiger partial charge in [0, 0.05) is 53.7 Å². The Morgan fingerprint density at radius 2 is 1.22 bits per heavy atom. The molecule has 2 unspecified atom stereocenters. The number of rotatable bonds is 23. The number of halogens is 2. The lowest BCUT2D eigenvalue weighted by molar-refractivity contribution is -0.384. The van der Waals surface area contributed by atoms with Crippen molar-refractivity contribution in [2.75, 3.05) is 99.7 Å². The summed E-state index contributed by atoms with van der Waals surface area (Å²) in [6.45, 7) is 18.4. The Kier molecular flexibility index (Phi) is 25.5. The molecule has 12 atom stereocenters. The van der Waals surface area contributed by atoms with E-state index < -0.39 is 35.0 Å². The van der Waals surface area contributed by atoms with Gasteiger partial charge in [0.25, 0.3) is 5.69 Å². The topological polar surface area (TPSA) is 249 Å². The van der Waals surface area contributed by atoms with Crippen molar-refractivity contribution in [3.8, 4) is 5.75 Å². The normalized spacial score (nSPS) is 32.5. The van der Waals surface area contributed by atoms with Crippen molar-refractivity contribution in [3.63, 3.8) is 0 Å². The van der Waals surface area contributed by atoms with Crippen molar-refractivity contribution in [1.82, 2.24) is 5.32 Å². The number of amides is 1. The number of carbonyl (C=O) groups excluding carboxylic acids is 2. The van der Waals surface area contributed by atoms with Gasteiger partial charge in [0.1, 0.15) is 64.8 Å². The maximum Gasteiger partial charge on any atom is 0.514 e. The van der Waals surface area contributed by atoms with Crippen molar-refractivity contribution < 1.29 is 76.1 Å². The van der Waals surface area contributed by atoms with Crippen LogP contribution in [-0.2, 0) is 56.8 Å². The minimum atomic E-state index is -0.879. The Bertz CT molecular complexity index is 1880. The summed E-state index contributed by atoms with van der Waals surface area (Å²) in [7, 11) is 6.53. The number of nitrogens with two attached hydrogens (primary N) is 1. The Labute approximate surface area is 440 Å². The third-order valence-electron chi connectivity index (χ3n) is 13.6. The second kappa shape index (κ2) is 29.9. The van der Waals surface area contributed by atoms with E-state index in [0.717, 1.165) is 12.8 Å². The largest absolute Gasteiger partial charge is 0.514 e. The maximum atomic E-state index is 12.4. The number of ether oxygens (including phenoxy) is 13. The van der Waals surface area contributed by atoms with Crippen LogP contribution in [-0.4, -0.2) is 176 Å². The fourth-order valence-corrected chi connectivity index (χ4v) is 9.74. The Morgan fingerprint density at radius 1 is 0.767 bits per heavy atom. The highest BCUT2D eigenvalue weighted by molar-refractivity contribution is 6.40. The van der Waals surface area contributed by atoms with Crippen molar-refractivity contribution in [2.45, 2.75) is 126 Å². The molecule has 0 aromatic heterocycles. The zero-order chi connectivity index (χ0) is 53.8. The van der Waals surface area contributed by atoms with Gasteiger partial charge in [-0.15, -0.1) is 23.2 Å². The Hall–Kier alpha value is -3.22. The molecule has 416 valence electrons. The second-order valence-electron chi connectivity index (χ2n) is 19.6. The number of nitro groups is 1. The van der Waals surface area contributed by atoms with E-state index in [1.54, 1.807) is 28.4 Å². The lowest BCUT2D eigenvalue weighted by Crippen LogP contribution is -2.56. The number of epoxide rings is 4. The molecule has 2 spiro atoms. The highest BCUT2D eigenvalue weighted by atomic mass is 35.5. The summed E-state index contributed by atoms with van der Waals surface area (Å²) in [5, 5.41) is 13.7. The van der Waals surface area contributed by atoms with Gasteiger partial charge < -0.3 is 72.6 Å². The Balaban J connectivity index is 0.000000264. The van der Waals surface area contributed by atoms with Crippen molar-refractivity contribution >= 4 is 41.1 Å². The lowest BCUT2D eigenvalue weighted by Gasteiger charge is -2.42. The number of hydrogen-bond acceptors (Lipinski definition) is 18. The van der Waals surface area contributed by atoms with Crippen molar-refractivity contribution in [3.05, 3.63) is 58.7 Å². The van der Waals surface area contributed by atoms with Crippen LogP contribution < -0.4 is 15.8 Å². The summed E-state index contributed by atoms with van der Waals surface area (Å²) >= 11 is 9.53. The predicted octanol–water partition coefficient (Wildman–Crippen LogP) is 7.38. The number of alkyl carbamates (subject to hydrolysis) is 1. The molecule has 3 N–H and O–H groups in total. The van der Waals surface area contributed by atoms with E-state index in [4.69, 9.17) is 90.5 Å². The molecular formula is C51H81Cl2N3O17. The molecule has 73 heavy (non-hydrogen) atoms. The molecule has 4 aliphatic heterocycles. The summed E-state index contributed by atoms with van der Waals surface area (Å²) in [5.74, 6) is 0.950. The summed E-state index contributed by atoms with van der Waals surface area (Å²) in [6, 6.07) is 5.24. The highest BCUT2D eigenvalue weighted by Crippen LogP contribution is 2.60. The van der Waals surface area contributed by atoms with Crippen LogP contribution in [0.3, 0.4) is 0 Å². The molecule has 1 aromatic rings. The van der Waals surface area contributed by atoms with Crippen LogP contribution in [0.15, 0.2) is 48.6 Å². The van der Waals surface area contributed by atoms with Crippen LogP contribution in [0.25, 0.3) is 0 Å². The van der Waals surface area contributed by atoms with Crippen LogP contribution in [0, 0.1) is 33.8 Å². The summed E-state index contributed by atoms with van der Waals surface area (Å²) in [6.07, 6.45) is 8.41. The average molecular weight is 1080 g/mol. The van der Waals surface area contributed by atoms with Gasteiger partial charge in [0.15, 0.2) is 0 Å². The number of alkyl halides is 2. The first-order valence-corrected chi connectivity index (χ1v) is 26.0. The summed E-state index contributed by atoms with van der Waals surface area (Å²) in [5.41, 5.74) is 3.66. The molecule has 1 aromatic carbocycles. The van der Waals surface area contributed by atoms with Crippen LogP contribution in [0.4, 0.5) is 15.3 Å². The van der Waals surface area contributed by atoms with E-state index in [1.807, 2.05) is 0 Å². The fourth-order valence-electron chi connectivity index (χ4n) is 9.74. The van der Waals surface area contributed by atoms with E-state index in [9.17, 15) is 19.7 Å². The third-order valence-corrected chi connectivity index (χ3v) is 13.6. The maximum absolute atomic E-state index is 12.4. The zero-order valence-electron chi connectivity index (χ0n) is 44.2. The molecule has 0 radical (unpaired) electrons. The highest BCUT2D eigenvalue weighted by Gasteiger charge is 2.73. The smallest absolute Gasteiger partial charge is 0.443 e. The number of methoxy groups -OCH3 is 4. The molecular weight excluding hydrogens is 997 g/mol. The van der Waals surface area contributed by atoms with Crippen LogP contribution in [0.5, 0.6) is 5.75 Å². The second-order valence-corrected chi connectivity index (χ2v) is 20.4. The molecule has 22 heteroatoms. The first kappa shape index (κ1) is 62.3. The van der Waals surface area contributed by atoms with Crippen LogP contribution in [0.2, 0.25) is 0 Å². The van der Waals surface area contributed by atoms with Gasteiger partial charge in [-0.05, 0) is 63.5 Å². The van der Waals surface area contributed by atoms with Gasteiger partial charge in [-0.1, -0.05) is 52.0 Å². The number of carbonyl (C=O) groups is 2. The average Bonchev–Trinajstić information content (AvgIpc) is 4.25. The SMILES string of the molecule is COCCOCCN.COCCOCCNC(=O)O[C@@H]1CC[C@]2(CO2)C([C@@]2(C)O[C@@H]2/C=C/C(C)C)[C@@H]1OC.CO[C@H]1C([C@@]2(C)O[C@@H]2/C=C/C(C)C)[C@]2(CC[C@H]1OC(=O)Oc1ccc([N+](=O)[O-])cc1)CO2.ClCCl. The molecule has 6 aliphatic rings. The molecule has 4 saturated heterocycles. The van der Waals surface area contributed by atoms with Gasteiger partial charge in [-0.25, -0.2) is 9.59 Å². The zero-order valence-corrected chi connectivity index (χ0v) is 45.7. The van der Waals surface area contributed by atoms with Crippen LogP contribution >= 0.6 is 23.2 Å². The molecule has 7 rings (SSSR count). The van der Waals surface area contributed by atoms with Gasteiger partial charge in [0.05, 0.1) is 75.0 Å². The molecule has 6 fully saturated rings. The van der Waals surface area contributed by atoms with Gasteiger partial charge >= 0.3 is 12.2 Å². The number of hydrogen-bond donors (Lipinski definition) is 2. The van der Waals surface area contributed by atoms with Gasteiger partial charge in [0.2, 0.25) is 0 Å². The molecule has 20 nitrogen and oxygen atoms in total. The predicted molar refractivity (Wildman–Crippen MR) is 272 cm³/mol. The fraction of sp³-hybridized carbons (Fsp3) is 0.765. The number of nitrogens with zero attached hydrogens (tertiary/aromatic N) is 1. The lowest BCUT2D eigenvalue weighted by atomic mass is 9.68. The molecule has 0 bridgehead atoms. The Morgan fingerprint density at radius 3 is 1.62 bits per heavy atom. The third kappa shape index (κ3) is 18.2. The standard InChI is InChI=1S/C23H29NO8.C22H37NO7.C5H13NO2.CH2Cl2/c1-14(2)5-10-18-22(3,32-18)20-19(28-4)17(11-12-23(20)13-29-23)31-21(25)30-16-8-6-15(7-9-16)24(26)27;1-15(2)6-7-17-21(3,30-17)19-18(26-5)16(8-9-22(19)14-28-22)29-20(24)23-10-11-27-13-12-25-4;1-7-4-5-8-3-2-6;2-1-3/h5-10,14,17-20H,11-13H2,1-4H3;6-7,15-19H,8-14H2,1-5H3,(H,23,24);2-6H2,1H3;1H2/b10-5+;7-6+;;/t17-,18-,19-,20?,22+,23+;16-,17-,18-,19?,21+,22+;;/m11../s1. The number of benzene rings is 1. The first-order chi connectivity index (χ1) is 34.9. The van der Waals surface area contributed by atoms with Crippen molar-refractivity contribution in [1.29, 1.82) is 0 Å². The number of allylic oxidation sites excluding steroid dienone is 2. The molecule has 2 aliphatic carbocycles. The number of nitro benzene ring substituents is 1. The summed E-state index contributed by atoms with van der Waals surface area (Å²) in [4.78, 5) is 35.0. The summed E-state index contributed by atoms with van der Waals surface area (Å²) < 4.78 is 72.3. The van der Waals surface area contributed by atoms with E-state index in [1.165, 1.54) is 24.3 Å². The van der Waals surface area contributed by atoms with E-state index in [0.29, 0.717) is 90.6 Å². The van der Waals surface area contributed by atoms with Gasteiger partial charge in [-0.2, -0.15) is 0 Å². The van der Waals surface area contributed by atoms with Crippen molar-refractivity contribution in [2.24, 2.45) is 29.4 Å². The monoisotopic (exact) mass is 1080 g/mol. The minimum Gasteiger partial charge on any atom is -0.443 e. The van der Waals surface area contributed by atoms with E-state index in [-0.39, 0.29) is 69.8 Å².